The van der Waals surface area contributed by atoms with Crippen LogP contribution in [-0.4, -0.2) is 47.8 Å². The van der Waals surface area contributed by atoms with Gasteiger partial charge in [0.2, 0.25) is 0 Å². The maximum atomic E-state index is 10.6. The molecule has 0 aromatic carbocycles. The molecule has 118 valence electrons. The van der Waals surface area contributed by atoms with Gasteiger partial charge in [0, 0.05) is 24.3 Å². The number of esters is 2. The topological polar surface area (TPSA) is 127 Å². The summed E-state index contributed by atoms with van der Waals surface area (Å²) in [6, 6.07) is 0. The standard InChI is InChI=1S/C8H12O4.C5H6O4/c1-2-3-6-12-8(11)5-4-7(9)10;1-9-5(8)3-2-4(6)7/h4-5H,2-3,6H2,1H3,(H,9,10);2-3H,1H3,(H,6,7)/b5-4-;3-2-. The number of carbonyl (C=O) groups excluding carboxylic acids is 2. The molecule has 0 fully saturated rings. The van der Waals surface area contributed by atoms with Crippen molar-refractivity contribution < 1.29 is 38.9 Å². The zero-order chi connectivity index (χ0) is 16.7. The quantitative estimate of drug-likeness (QED) is 0.401. The lowest BCUT2D eigenvalue weighted by Gasteiger charge is -1.97. The van der Waals surface area contributed by atoms with Crippen molar-refractivity contribution in [2.45, 2.75) is 19.8 Å². The van der Waals surface area contributed by atoms with Gasteiger partial charge < -0.3 is 19.7 Å². The number of methoxy groups -OCH3 is 1. The van der Waals surface area contributed by atoms with Gasteiger partial charge in [0.15, 0.2) is 0 Å². The molecular formula is C13H18O8. The third kappa shape index (κ3) is 19.9. The predicted molar refractivity (Wildman–Crippen MR) is 71.4 cm³/mol. The number of rotatable bonds is 7. The zero-order valence-electron chi connectivity index (χ0n) is 11.8. The Bertz CT molecular complexity index is 408. The van der Waals surface area contributed by atoms with Gasteiger partial charge in [-0.15, -0.1) is 0 Å². The normalized spacial score (nSPS) is 9.81. The third-order valence-corrected chi connectivity index (χ3v) is 1.67. The van der Waals surface area contributed by atoms with E-state index in [1.807, 2.05) is 6.92 Å². The van der Waals surface area contributed by atoms with E-state index >= 15 is 0 Å². The molecule has 0 spiro atoms. The van der Waals surface area contributed by atoms with Gasteiger partial charge in [0.1, 0.15) is 0 Å². The van der Waals surface area contributed by atoms with Crippen LogP contribution in [0.4, 0.5) is 0 Å². The van der Waals surface area contributed by atoms with Crippen molar-refractivity contribution in [1.82, 2.24) is 0 Å². The van der Waals surface area contributed by atoms with E-state index in [9.17, 15) is 19.2 Å². The highest BCUT2D eigenvalue weighted by Gasteiger charge is 1.96. The lowest BCUT2D eigenvalue weighted by Crippen LogP contribution is -2.02. The van der Waals surface area contributed by atoms with Crippen LogP contribution in [0, 0.1) is 0 Å². The average molecular weight is 302 g/mol. The van der Waals surface area contributed by atoms with E-state index in [-0.39, 0.29) is 0 Å². The van der Waals surface area contributed by atoms with Gasteiger partial charge in [-0.25, -0.2) is 19.2 Å². The van der Waals surface area contributed by atoms with Crippen LogP contribution in [0.1, 0.15) is 19.8 Å². The SMILES string of the molecule is CCCCOC(=O)/C=C\C(=O)O.COC(=O)/C=C\C(=O)O. The van der Waals surface area contributed by atoms with Crippen molar-refractivity contribution in [3.05, 3.63) is 24.3 Å². The molecule has 0 aliphatic heterocycles. The second-order valence-electron chi connectivity index (χ2n) is 3.39. The Morgan fingerprint density at radius 3 is 1.76 bits per heavy atom. The van der Waals surface area contributed by atoms with Gasteiger partial charge in [-0.2, -0.15) is 0 Å². The second kappa shape index (κ2) is 13.8. The number of hydrogen-bond acceptors (Lipinski definition) is 6. The van der Waals surface area contributed by atoms with Gasteiger partial charge in [-0.05, 0) is 6.42 Å². The van der Waals surface area contributed by atoms with E-state index in [2.05, 4.69) is 9.47 Å². The van der Waals surface area contributed by atoms with E-state index in [4.69, 9.17) is 10.2 Å². The fourth-order valence-electron chi connectivity index (χ4n) is 0.712. The molecule has 0 amide bonds. The van der Waals surface area contributed by atoms with Crippen LogP contribution >= 0.6 is 0 Å². The molecule has 0 unspecified atom stereocenters. The molecule has 0 aromatic rings. The summed E-state index contributed by atoms with van der Waals surface area (Å²) in [5.74, 6) is -3.59. The highest BCUT2D eigenvalue weighted by atomic mass is 16.5. The number of aliphatic carboxylic acids is 2. The van der Waals surface area contributed by atoms with E-state index in [1.54, 1.807) is 0 Å². The fourth-order valence-corrected chi connectivity index (χ4v) is 0.712. The van der Waals surface area contributed by atoms with Crippen LogP contribution in [-0.2, 0) is 28.7 Å². The van der Waals surface area contributed by atoms with Crippen molar-refractivity contribution >= 4 is 23.9 Å². The fraction of sp³-hybridized carbons (Fsp3) is 0.385. The number of unbranched alkanes of at least 4 members (excludes halogenated alkanes) is 1. The van der Waals surface area contributed by atoms with Crippen molar-refractivity contribution in [3.8, 4) is 0 Å². The first-order valence-electron chi connectivity index (χ1n) is 5.90. The van der Waals surface area contributed by atoms with Gasteiger partial charge >= 0.3 is 23.9 Å². The molecule has 0 radical (unpaired) electrons. The highest BCUT2D eigenvalue weighted by Crippen LogP contribution is 1.89. The van der Waals surface area contributed by atoms with Crippen LogP contribution in [0.2, 0.25) is 0 Å². The summed E-state index contributed by atoms with van der Waals surface area (Å²) in [5.41, 5.74) is 0. The Labute approximate surface area is 121 Å². The monoisotopic (exact) mass is 302 g/mol. The van der Waals surface area contributed by atoms with E-state index in [0.717, 1.165) is 31.1 Å². The first-order chi connectivity index (χ1) is 9.83. The van der Waals surface area contributed by atoms with Gasteiger partial charge in [0.05, 0.1) is 13.7 Å². The molecule has 0 aromatic heterocycles. The Balaban J connectivity index is 0. The first-order valence-corrected chi connectivity index (χ1v) is 5.90. The Morgan fingerprint density at radius 2 is 1.38 bits per heavy atom. The van der Waals surface area contributed by atoms with Crippen LogP contribution in [0.5, 0.6) is 0 Å². The van der Waals surface area contributed by atoms with Crippen LogP contribution in [0.15, 0.2) is 24.3 Å². The predicted octanol–water partition coefficient (Wildman–Crippen LogP) is 0.771. The largest absolute Gasteiger partial charge is 0.478 e. The minimum atomic E-state index is -1.17. The van der Waals surface area contributed by atoms with Crippen LogP contribution in [0.25, 0.3) is 0 Å². The van der Waals surface area contributed by atoms with Crippen molar-refractivity contribution in [3.63, 3.8) is 0 Å². The van der Waals surface area contributed by atoms with Crippen LogP contribution < -0.4 is 0 Å². The summed E-state index contributed by atoms with van der Waals surface area (Å²) in [5, 5.41) is 16.1. The molecule has 0 saturated heterocycles. The molecular weight excluding hydrogens is 284 g/mol. The molecule has 0 rings (SSSR count). The molecule has 0 aliphatic carbocycles. The van der Waals surface area contributed by atoms with E-state index < -0.39 is 23.9 Å². The minimum absolute atomic E-state index is 0.347. The van der Waals surface area contributed by atoms with Crippen molar-refractivity contribution in [2.24, 2.45) is 0 Å². The minimum Gasteiger partial charge on any atom is -0.478 e. The molecule has 8 nitrogen and oxygen atoms in total. The smallest absolute Gasteiger partial charge is 0.331 e. The Hall–Kier alpha value is -2.64. The lowest BCUT2D eigenvalue weighted by molar-refractivity contribution is -0.138. The van der Waals surface area contributed by atoms with Gasteiger partial charge in [0.25, 0.3) is 0 Å². The molecule has 0 saturated carbocycles. The van der Waals surface area contributed by atoms with Crippen LogP contribution in [0.3, 0.4) is 0 Å². The maximum absolute atomic E-state index is 10.6. The maximum Gasteiger partial charge on any atom is 0.331 e. The lowest BCUT2D eigenvalue weighted by atomic mass is 10.4. The van der Waals surface area contributed by atoms with Gasteiger partial charge in [-0.1, -0.05) is 13.3 Å². The summed E-state index contributed by atoms with van der Waals surface area (Å²) in [7, 11) is 1.18. The van der Waals surface area contributed by atoms with E-state index in [0.29, 0.717) is 12.7 Å². The molecule has 0 heterocycles. The summed E-state index contributed by atoms with van der Waals surface area (Å²) in [4.78, 5) is 40.5. The number of carboxylic acid groups (broad SMARTS) is 2. The molecule has 2 N–H and O–H groups in total. The molecule has 0 bridgehead atoms. The van der Waals surface area contributed by atoms with Gasteiger partial charge in [-0.3, -0.25) is 0 Å². The average Bonchev–Trinajstić information content (AvgIpc) is 2.43. The zero-order valence-corrected chi connectivity index (χ0v) is 11.8. The number of carbonyl (C=O) groups is 4. The summed E-state index contributed by atoms with van der Waals surface area (Å²) >= 11 is 0. The number of carboxylic acids is 2. The number of ether oxygens (including phenoxy) is 2. The van der Waals surface area contributed by atoms with Crippen molar-refractivity contribution in [1.29, 1.82) is 0 Å². The summed E-state index contributed by atoms with van der Waals surface area (Å²) < 4.78 is 8.76. The van der Waals surface area contributed by atoms with Crippen molar-refractivity contribution in [2.75, 3.05) is 13.7 Å². The Morgan fingerprint density at radius 1 is 0.905 bits per heavy atom. The Kier molecular flexibility index (Phi) is 13.6. The second-order valence-corrected chi connectivity index (χ2v) is 3.39. The summed E-state index contributed by atoms with van der Waals surface area (Å²) in [6.45, 7) is 2.32. The molecule has 21 heavy (non-hydrogen) atoms. The third-order valence-electron chi connectivity index (χ3n) is 1.67. The molecule has 8 heteroatoms. The number of hydrogen-bond donors (Lipinski definition) is 2. The van der Waals surface area contributed by atoms with E-state index in [1.165, 1.54) is 7.11 Å². The molecule has 0 atom stereocenters. The first kappa shape index (κ1) is 20.7. The molecule has 0 aliphatic rings. The summed E-state index contributed by atoms with van der Waals surface area (Å²) in [6.07, 6.45) is 4.95. The highest BCUT2D eigenvalue weighted by molar-refractivity contribution is 5.91.